The predicted octanol–water partition coefficient (Wildman–Crippen LogP) is 1.48. The van der Waals surface area contributed by atoms with E-state index >= 15 is 0 Å². The van der Waals surface area contributed by atoms with E-state index in [1.807, 2.05) is 0 Å². The highest BCUT2D eigenvalue weighted by molar-refractivity contribution is 7.92. The molecule has 0 aliphatic carbocycles. The largest absolute Gasteiger partial charge is 0.454 e. The van der Waals surface area contributed by atoms with E-state index in [1.165, 1.54) is 44.3 Å². The molecule has 1 atom stereocenters. The molecule has 3 rings (SSSR count). The summed E-state index contributed by atoms with van der Waals surface area (Å²) < 4.78 is 50.7. The number of likely N-dealkylation sites (N-methyl/N-ethyl adjacent to an activating group) is 1. The van der Waals surface area contributed by atoms with Crippen LogP contribution in [0, 0.1) is 5.82 Å². The zero-order chi connectivity index (χ0) is 23.5. The summed E-state index contributed by atoms with van der Waals surface area (Å²) >= 11 is 0. The van der Waals surface area contributed by atoms with E-state index in [2.05, 4.69) is 5.32 Å². The topological polar surface area (TPSA) is 105 Å². The first-order chi connectivity index (χ1) is 15.1. The van der Waals surface area contributed by atoms with Gasteiger partial charge in [0.1, 0.15) is 18.4 Å². The minimum atomic E-state index is -3.88. The summed E-state index contributed by atoms with van der Waals surface area (Å²) in [6.07, 6.45) is 0.967. The molecule has 0 aromatic heterocycles. The minimum Gasteiger partial charge on any atom is -0.454 e. The highest BCUT2D eigenvalue weighted by atomic mass is 32.2. The van der Waals surface area contributed by atoms with Crippen LogP contribution in [0.4, 0.5) is 10.1 Å². The Morgan fingerprint density at radius 2 is 1.84 bits per heavy atom. The number of ether oxygens (including phenoxy) is 2. The van der Waals surface area contributed by atoms with Crippen molar-refractivity contribution in [3.63, 3.8) is 0 Å². The second kappa shape index (κ2) is 9.43. The summed E-state index contributed by atoms with van der Waals surface area (Å²) in [5, 5.41) is 2.46. The van der Waals surface area contributed by atoms with Gasteiger partial charge in [-0.25, -0.2) is 12.8 Å². The molecule has 0 saturated carbocycles. The Balaban J connectivity index is 1.92. The summed E-state index contributed by atoms with van der Waals surface area (Å²) in [4.78, 5) is 26.6. The number of amides is 2. The summed E-state index contributed by atoms with van der Waals surface area (Å²) in [6, 6.07) is 9.40. The molecule has 0 bridgehead atoms. The van der Waals surface area contributed by atoms with Crippen molar-refractivity contribution in [2.45, 2.75) is 19.5 Å². The Hall–Kier alpha value is -3.34. The zero-order valence-corrected chi connectivity index (χ0v) is 18.7. The summed E-state index contributed by atoms with van der Waals surface area (Å²) in [5.74, 6) is -0.866. The number of nitrogens with zero attached hydrogens (tertiary/aromatic N) is 2. The van der Waals surface area contributed by atoms with E-state index in [0.29, 0.717) is 11.5 Å². The van der Waals surface area contributed by atoms with Gasteiger partial charge < -0.3 is 19.7 Å². The van der Waals surface area contributed by atoms with Crippen LogP contribution in [0.1, 0.15) is 12.5 Å². The number of hydrogen-bond acceptors (Lipinski definition) is 6. The fraction of sp³-hybridized carbons (Fsp3) is 0.333. The molecule has 2 aromatic rings. The van der Waals surface area contributed by atoms with E-state index in [9.17, 15) is 22.4 Å². The quantitative estimate of drug-likeness (QED) is 0.633. The number of sulfonamides is 1. The lowest BCUT2D eigenvalue weighted by molar-refractivity contribution is -0.139. The maximum Gasteiger partial charge on any atom is 0.244 e. The Morgan fingerprint density at radius 1 is 1.16 bits per heavy atom. The van der Waals surface area contributed by atoms with Crippen molar-refractivity contribution in [3.8, 4) is 11.5 Å². The second-order valence-corrected chi connectivity index (χ2v) is 9.12. The molecule has 11 heteroatoms. The van der Waals surface area contributed by atoms with Gasteiger partial charge in [-0.15, -0.1) is 0 Å². The highest BCUT2D eigenvalue weighted by Gasteiger charge is 2.30. The van der Waals surface area contributed by atoms with Gasteiger partial charge in [-0.2, -0.15) is 0 Å². The molecule has 0 radical (unpaired) electrons. The van der Waals surface area contributed by atoms with Gasteiger partial charge in [0.15, 0.2) is 11.5 Å². The van der Waals surface area contributed by atoms with E-state index < -0.39 is 40.2 Å². The Bertz CT molecular complexity index is 1120. The molecule has 2 amide bonds. The van der Waals surface area contributed by atoms with Crippen LogP contribution in [0.3, 0.4) is 0 Å². The number of carbonyl (C=O) groups excluding carboxylic acids is 2. The van der Waals surface area contributed by atoms with Crippen molar-refractivity contribution in [2.75, 3.05) is 30.9 Å². The maximum absolute atomic E-state index is 14.2. The fourth-order valence-electron chi connectivity index (χ4n) is 3.26. The third-order valence-electron chi connectivity index (χ3n) is 5.04. The number of fused-ring (bicyclic) bond motifs is 1. The lowest BCUT2D eigenvalue weighted by Gasteiger charge is -2.31. The van der Waals surface area contributed by atoms with Crippen LogP contribution in [0.2, 0.25) is 0 Å². The smallest absolute Gasteiger partial charge is 0.244 e. The molecular weight excluding hydrogens is 441 g/mol. The lowest BCUT2D eigenvalue weighted by Crippen LogP contribution is -2.50. The average Bonchev–Trinajstić information content (AvgIpc) is 3.22. The highest BCUT2D eigenvalue weighted by Crippen LogP contribution is 2.36. The SMILES string of the molecule is CNC(=O)[C@H](C)N(Cc1ccccc1F)C(=O)CN(c1ccc2c(c1)OCO2)S(C)(=O)=O. The first-order valence-corrected chi connectivity index (χ1v) is 11.6. The van der Waals surface area contributed by atoms with Gasteiger partial charge in [0, 0.05) is 25.2 Å². The first kappa shape index (κ1) is 23.3. The van der Waals surface area contributed by atoms with E-state index in [-0.39, 0.29) is 24.6 Å². The number of rotatable bonds is 8. The van der Waals surface area contributed by atoms with Crippen LogP contribution in [0.25, 0.3) is 0 Å². The number of benzene rings is 2. The summed E-state index contributed by atoms with van der Waals surface area (Å²) in [7, 11) is -2.46. The third-order valence-corrected chi connectivity index (χ3v) is 6.18. The van der Waals surface area contributed by atoms with Crippen LogP contribution in [-0.4, -0.2) is 57.8 Å². The van der Waals surface area contributed by atoms with E-state index in [1.54, 1.807) is 12.1 Å². The molecule has 1 heterocycles. The van der Waals surface area contributed by atoms with E-state index in [0.717, 1.165) is 15.5 Å². The third kappa shape index (κ3) is 5.10. The van der Waals surface area contributed by atoms with Gasteiger partial charge in [-0.1, -0.05) is 18.2 Å². The zero-order valence-electron chi connectivity index (χ0n) is 17.9. The van der Waals surface area contributed by atoms with Crippen LogP contribution in [-0.2, 0) is 26.2 Å². The van der Waals surface area contributed by atoms with Crippen molar-refractivity contribution >= 4 is 27.5 Å². The number of halogens is 1. The number of nitrogens with one attached hydrogen (secondary N) is 1. The number of carbonyl (C=O) groups is 2. The molecule has 0 unspecified atom stereocenters. The van der Waals surface area contributed by atoms with Gasteiger partial charge in [0.25, 0.3) is 0 Å². The van der Waals surface area contributed by atoms with Crippen molar-refractivity contribution in [1.29, 1.82) is 0 Å². The molecule has 32 heavy (non-hydrogen) atoms. The molecule has 1 N–H and O–H groups in total. The van der Waals surface area contributed by atoms with Crippen LogP contribution in [0.15, 0.2) is 42.5 Å². The normalized spacial score (nSPS) is 13.4. The van der Waals surface area contributed by atoms with Crippen LogP contribution < -0.4 is 19.1 Å². The maximum atomic E-state index is 14.2. The molecule has 172 valence electrons. The van der Waals surface area contributed by atoms with Crippen LogP contribution in [0.5, 0.6) is 11.5 Å². The fourth-order valence-corrected chi connectivity index (χ4v) is 4.10. The molecular formula is C21H24FN3O6S. The molecule has 0 saturated heterocycles. The molecule has 1 aliphatic heterocycles. The van der Waals surface area contributed by atoms with Crippen molar-refractivity contribution in [3.05, 3.63) is 53.8 Å². The van der Waals surface area contributed by atoms with E-state index in [4.69, 9.17) is 9.47 Å². The molecule has 2 aromatic carbocycles. The lowest BCUT2D eigenvalue weighted by atomic mass is 10.1. The van der Waals surface area contributed by atoms with Crippen molar-refractivity contribution in [1.82, 2.24) is 10.2 Å². The predicted molar refractivity (Wildman–Crippen MR) is 115 cm³/mol. The minimum absolute atomic E-state index is 0.0106. The van der Waals surface area contributed by atoms with Gasteiger partial charge >= 0.3 is 0 Å². The Morgan fingerprint density at radius 3 is 2.50 bits per heavy atom. The van der Waals surface area contributed by atoms with Crippen molar-refractivity contribution in [2.24, 2.45) is 0 Å². The number of anilines is 1. The number of hydrogen-bond donors (Lipinski definition) is 1. The monoisotopic (exact) mass is 465 g/mol. The van der Waals surface area contributed by atoms with Gasteiger partial charge in [0.2, 0.25) is 28.6 Å². The first-order valence-electron chi connectivity index (χ1n) is 9.73. The Labute approximate surface area is 185 Å². The summed E-state index contributed by atoms with van der Waals surface area (Å²) in [5.41, 5.74) is 0.397. The van der Waals surface area contributed by atoms with Gasteiger partial charge in [-0.05, 0) is 25.1 Å². The molecule has 1 aliphatic rings. The van der Waals surface area contributed by atoms with Gasteiger partial charge in [-0.3, -0.25) is 13.9 Å². The second-order valence-electron chi connectivity index (χ2n) is 7.21. The Kier molecular flexibility index (Phi) is 6.87. The van der Waals surface area contributed by atoms with Crippen molar-refractivity contribution < 1.29 is 31.9 Å². The average molecular weight is 466 g/mol. The molecule has 0 fully saturated rings. The molecule has 9 nitrogen and oxygen atoms in total. The van der Waals surface area contributed by atoms with Gasteiger partial charge in [0.05, 0.1) is 11.9 Å². The molecule has 0 spiro atoms. The van der Waals surface area contributed by atoms with Crippen LogP contribution >= 0.6 is 0 Å². The summed E-state index contributed by atoms with van der Waals surface area (Å²) in [6.45, 7) is 0.701. The standard InChI is InChI=1S/C21H24FN3O6S/c1-14(21(27)23-2)24(11-15-6-4-5-7-17(15)22)20(26)12-25(32(3,28)29)16-8-9-18-19(10-16)31-13-30-18/h4-10,14H,11-13H2,1-3H3,(H,23,27)/t14-/m0/s1.